The monoisotopic (exact) mass is 452 g/mol. The van der Waals surface area contributed by atoms with Gasteiger partial charge in [0.15, 0.2) is 5.82 Å². The Labute approximate surface area is 182 Å². The Morgan fingerprint density at radius 2 is 1.97 bits per heavy atom. The summed E-state index contributed by atoms with van der Waals surface area (Å²) in [6, 6.07) is 5.27. The molecule has 172 valence electrons. The number of amides is 3. The predicted molar refractivity (Wildman–Crippen MR) is 110 cm³/mol. The molecule has 1 unspecified atom stereocenters. The molecule has 0 spiro atoms. The van der Waals surface area contributed by atoms with Crippen LogP contribution in [0.3, 0.4) is 0 Å². The number of ether oxygens (including phenoxy) is 1. The molecule has 32 heavy (non-hydrogen) atoms. The van der Waals surface area contributed by atoms with E-state index >= 15 is 0 Å². The summed E-state index contributed by atoms with van der Waals surface area (Å²) in [5, 5.41) is 15.3. The Bertz CT molecular complexity index is 1010. The molecule has 3 N–H and O–H groups in total. The molecule has 1 aliphatic rings. The first-order chi connectivity index (χ1) is 14.9. The molecular formula is C21H23F3N4O4. The van der Waals surface area contributed by atoms with Gasteiger partial charge in [-0.25, -0.2) is 9.78 Å². The minimum absolute atomic E-state index is 0.264. The Morgan fingerprint density at radius 1 is 1.31 bits per heavy atom. The summed E-state index contributed by atoms with van der Waals surface area (Å²) in [5.41, 5.74) is 0.754. The number of aromatic nitrogens is 1. The molecular weight excluding hydrogens is 429 g/mol. The second kappa shape index (κ2) is 8.65. The third kappa shape index (κ3) is 5.28. The van der Waals surface area contributed by atoms with Crippen LogP contribution >= 0.6 is 0 Å². The van der Waals surface area contributed by atoms with Crippen molar-refractivity contribution in [1.29, 1.82) is 0 Å². The van der Waals surface area contributed by atoms with Gasteiger partial charge in [0, 0.05) is 11.6 Å². The number of urea groups is 1. The number of rotatable bonds is 5. The third-order valence-electron chi connectivity index (χ3n) is 4.98. The predicted octanol–water partition coefficient (Wildman–Crippen LogP) is 3.52. The van der Waals surface area contributed by atoms with Crippen LogP contribution in [0.2, 0.25) is 0 Å². The maximum atomic E-state index is 13.1. The SMILES string of the molecule is Cc1cnc2c(c1)NC(=O)CN2C(=O)NC(c1ccc(OC(F)(F)F)cc1)C(C)(C)CO. The van der Waals surface area contributed by atoms with E-state index in [2.05, 4.69) is 20.4 Å². The largest absolute Gasteiger partial charge is 0.573 e. The number of hydrogen-bond acceptors (Lipinski definition) is 5. The number of aliphatic hydroxyl groups excluding tert-OH is 1. The maximum Gasteiger partial charge on any atom is 0.573 e. The van der Waals surface area contributed by atoms with Gasteiger partial charge in [-0.1, -0.05) is 26.0 Å². The summed E-state index contributed by atoms with van der Waals surface area (Å²) in [5.74, 6) is -0.539. The molecule has 0 fully saturated rings. The fourth-order valence-corrected chi connectivity index (χ4v) is 3.33. The number of nitrogens with one attached hydrogen (secondary N) is 2. The average Bonchev–Trinajstić information content (AvgIpc) is 2.70. The maximum absolute atomic E-state index is 13.1. The number of carbonyl (C=O) groups excluding carboxylic acids is 2. The number of anilines is 2. The summed E-state index contributed by atoms with van der Waals surface area (Å²) in [4.78, 5) is 30.7. The van der Waals surface area contributed by atoms with E-state index in [1.54, 1.807) is 33.0 Å². The van der Waals surface area contributed by atoms with Crippen molar-refractivity contribution in [3.05, 3.63) is 47.7 Å². The zero-order valence-electron chi connectivity index (χ0n) is 17.7. The van der Waals surface area contributed by atoms with Gasteiger partial charge in [-0.2, -0.15) is 0 Å². The highest BCUT2D eigenvalue weighted by Gasteiger charge is 2.36. The van der Waals surface area contributed by atoms with E-state index in [0.717, 1.165) is 17.7 Å². The van der Waals surface area contributed by atoms with Crippen molar-refractivity contribution >= 4 is 23.4 Å². The zero-order chi connectivity index (χ0) is 23.7. The first-order valence-corrected chi connectivity index (χ1v) is 9.71. The molecule has 3 amide bonds. The van der Waals surface area contributed by atoms with Crippen LogP contribution in [0.4, 0.5) is 29.5 Å². The van der Waals surface area contributed by atoms with Crippen molar-refractivity contribution < 1.29 is 32.6 Å². The van der Waals surface area contributed by atoms with E-state index in [1.165, 1.54) is 17.0 Å². The van der Waals surface area contributed by atoms with Gasteiger partial charge in [0.25, 0.3) is 0 Å². The fraction of sp³-hybridized carbons (Fsp3) is 0.381. The number of halogens is 3. The third-order valence-corrected chi connectivity index (χ3v) is 4.98. The van der Waals surface area contributed by atoms with Crippen molar-refractivity contribution in [2.45, 2.75) is 33.2 Å². The minimum atomic E-state index is -4.83. The molecule has 0 saturated carbocycles. The van der Waals surface area contributed by atoms with Crippen molar-refractivity contribution in [3.8, 4) is 5.75 Å². The lowest BCUT2D eigenvalue weighted by Crippen LogP contribution is -2.51. The van der Waals surface area contributed by atoms with Crippen molar-refractivity contribution in [2.24, 2.45) is 5.41 Å². The van der Waals surface area contributed by atoms with Crippen molar-refractivity contribution in [1.82, 2.24) is 10.3 Å². The lowest BCUT2D eigenvalue weighted by atomic mass is 9.81. The molecule has 2 heterocycles. The minimum Gasteiger partial charge on any atom is -0.406 e. The number of aliphatic hydroxyl groups is 1. The van der Waals surface area contributed by atoms with Gasteiger partial charge in [0.05, 0.1) is 18.3 Å². The van der Waals surface area contributed by atoms with Crippen LogP contribution in [-0.2, 0) is 4.79 Å². The van der Waals surface area contributed by atoms with E-state index in [9.17, 15) is 27.9 Å². The van der Waals surface area contributed by atoms with Crippen LogP contribution in [0.15, 0.2) is 36.5 Å². The highest BCUT2D eigenvalue weighted by atomic mass is 19.4. The smallest absolute Gasteiger partial charge is 0.406 e. The highest BCUT2D eigenvalue weighted by Crippen LogP contribution is 2.35. The molecule has 1 aromatic carbocycles. The Balaban J connectivity index is 1.89. The van der Waals surface area contributed by atoms with E-state index in [4.69, 9.17) is 0 Å². The number of carbonyl (C=O) groups is 2. The standard InChI is InChI=1S/C21H23F3N4O4/c1-12-8-15-18(25-9-12)28(10-16(30)26-15)19(31)27-17(20(2,3)11-29)13-4-6-14(7-5-13)32-21(22,23)24/h4-9,17,29H,10-11H2,1-3H3,(H,26,30)(H,27,31). The number of aryl methyl sites for hydroxylation is 1. The number of pyridine rings is 1. The van der Waals surface area contributed by atoms with E-state index in [1.807, 2.05) is 0 Å². The van der Waals surface area contributed by atoms with Gasteiger partial charge >= 0.3 is 12.4 Å². The Kier molecular flexibility index (Phi) is 6.31. The molecule has 11 heteroatoms. The topological polar surface area (TPSA) is 104 Å². The summed E-state index contributed by atoms with van der Waals surface area (Å²) < 4.78 is 41.2. The second-order valence-corrected chi connectivity index (χ2v) is 8.16. The van der Waals surface area contributed by atoms with Crippen LogP contribution in [0.25, 0.3) is 0 Å². The van der Waals surface area contributed by atoms with E-state index in [-0.39, 0.29) is 19.0 Å². The fourth-order valence-electron chi connectivity index (χ4n) is 3.33. The normalized spacial score (nSPS) is 15.0. The molecule has 1 aromatic heterocycles. The van der Waals surface area contributed by atoms with Gasteiger partial charge in [-0.05, 0) is 36.2 Å². The lowest BCUT2D eigenvalue weighted by Gasteiger charge is -2.36. The molecule has 3 rings (SSSR count). The van der Waals surface area contributed by atoms with Crippen LogP contribution < -0.4 is 20.3 Å². The molecule has 0 radical (unpaired) electrons. The van der Waals surface area contributed by atoms with Gasteiger partial charge < -0.3 is 20.5 Å². The summed E-state index contributed by atoms with van der Waals surface area (Å²) in [6.45, 7) is 4.59. The van der Waals surface area contributed by atoms with Crippen LogP contribution in [0.5, 0.6) is 5.75 Å². The molecule has 2 aromatic rings. The number of fused-ring (bicyclic) bond motifs is 1. The number of benzene rings is 1. The molecule has 0 aliphatic carbocycles. The lowest BCUT2D eigenvalue weighted by molar-refractivity contribution is -0.274. The Morgan fingerprint density at radius 3 is 2.56 bits per heavy atom. The Hall–Kier alpha value is -3.34. The first-order valence-electron chi connectivity index (χ1n) is 9.71. The molecule has 1 atom stereocenters. The van der Waals surface area contributed by atoms with Gasteiger partial charge in [0.1, 0.15) is 12.3 Å². The summed E-state index contributed by atoms with van der Waals surface area (Å²) in [6.07, 6.45) is -3.27. The van der Waals surface area contributed by atoms with Gasteiger partial charge in [-0.15, -0.1) is 13.2 Å². The highest BCUT2D eigenvalue weighted by molar-refractivity contribution is 6.08. The average molecular weight is 452 g/mol. The quantitative estimate of drug-likeness (QED) is 0.644. The molecule has 0 bridgehead atoms. The van der Waals surface area contributed by atoms with E-state index in [0.29, 0.717) is 11.3 Å². The zero-order valence-corrected chi connectivity index (χ0v) is 17.7. The van der Waals surface area contributed by atoms with Gasteiger partial charge in [-0.3, -0.25) is 9.69 Å². The molecule has 8 nitrogen and oxygen atoms in total. The van der Waals surface area contributed by atoms with Crippen LogP contribution in [0, 0.1) is 12.3 Å². The first kappa shape index (κ1) is 23.3. The van der Waals surface area contributed by atoms with Crippen LogP contribution in [0.1, 0.15) is 31.0 Å². The summed E-state index contributed by atoms with van der Waals surface area (Å²) in [7, 11) is 0. The number of nitrogens with zero attached hydrogens (tertiary/aromatic N) is 2. The van der Waals surface area contributed by atoms with Crippen molar-refractivity contribution in [3.63, 3.8) is 0 Å². The number of alkyl halides is 3. The molecule has 0 saturated heterocycles. The van der Waals surface area contributed by atoms with E-state index < -0.39 is 35.5 Å². The molecule has 1 aliphatic heterocycles. The summed E-state index contributed by atoms with van der Waals surface area (Å²) >= 11 is 0. The number of hydrogen-bond donors (Lipinski definition) is 3. The van der Waals surface area contributed by atoms with Crippen molar-refractivity contribution in [2.75, 3.05) is 23.4 Å². The van der Waals surface area contributed by atoms with Gasteiger partial charge in [0.2, 0.25) is 5.91 Å². The van der Waals surface area contributed by atoms with Crippen LogP contribution in [-0.4, -0.2) is 41.5 Å². The second-order valence-electron chi connectivity index (χ2n) is 8.16.